The van der Waals surface area contributed by atoms with E-state index in [4.69, 9.17) is 16.9 Å². The summed E-state index contributed by atoms with van der Waals surface area (Å²) in [6.07, 6.45) is 1.43. The molecule has 0 aliphatic heterocycles. The van der Waals surface area contributed by atoms with E-state index in [0.29, 0.717) is 16.5 Å². The number of benzene rings is 1. The first-order chi connectivity index (χ1) is 9.11. The zero-order valence-electron chi connectivity index (χ0n) is 10.7. The molecular formula is C14H13ClN4. The van der Waals surface area contributed by atoms with Crippen LogP contribution in [0.4, 0.5) is 11.5 Å². The number of anilines is 2. The van der Waals surface area contributed by atoms with Crippen LogP contribution in [0.1, 0.15) is 30.9 Å². The van der Waals surface area contributed by atoms with Crippen molar-refractivity contribution >= 4 is 23.1 Å². The minimum absolute atomic E-state index is 0.217. The Hall–Kier alpha value is -2.12. The summed E-state index contributed by atoms with van der Waals surface area (Å²) in [6.45, 7) is 4.07. The first-order valence-electron chi connectivity index (χ1n) is 5.89. The number of aromatic nitrogens is 2. The standard InChI is InChI=1S/C14H13ClN4/c1-9(2)12-13(15)17-8-18-14(12)19-11-5-3-10(7-16)4-6-11/h3-6,8-9H,1-2H3,(H,17,18,19). The molecule has 0 fully saturated rings. The summed E-state index contributed by atoms with van der Waals surface area (Å²) in [4.78, 5) is 8.23. The third-order valence-corrected chi connectivity index (χ3v) is 2.99. The van der Waals surface area contributed by atoms with Crippen molar-refractivity contribution in [2.45, 2.75) is 19.8 Å². The summed E-state index contributed by atoms with van der Waals surface area (Å²) in [7, 11) is 0. The highest BCUT2D eigenvalue weighted by Crippen LogP contribution is 2.29. The summed E-state index contributed by atoms with van der Waals surface area (Å²) in [6, 6.07) is 9.25. The molecule has 19 heavy (non-hydrogen) atoms. The van der Waals surface area contributed by atoms with Crippen molar-refractivity contribution in [1.82, 2.24) is 9.97 Å². The first kappa shape index (κ1) is 13.3. The van der Waals surface area contributed by atoms with Gasteiger partial charge in [-0.2, -0.15) is 5.26 Å². The lowest BCUT2D eigenvalue weighted by molar-refractivity contribution is 0.850. The minimum Gasteiger partial charge on any atom is -0.340 e. The molecule has 0 saturated carbocycles. The third-order valence-electron chi connectivity index (χ3n) is 2.69. The second-order valence-electron chi connectivity index (χ2n) is 4.40. The van der Waals surface area contributed by atoms with Gasteiger partial charge in [-0.1, -0.05) is 25.4 Å². The van der Waals surface area contributed by atoms with Gasteiger partial charge < -0.3 is 5.32 Å². The molecule has 1 N–H and O–H groups in total. The van der Waals surface area contributed by atoms with Gasteiger partial charge in [0, 0.05) is 11.3 Å². The van der Waals surface area contributed by atoms with Crippen molar-refractivity contribution in [3.63, 3.8) is 0 Å². The molecule has 2 aromatic rings. The molecule has 0 aliphatic carbocycles. The topological polar surface area (TPSA) is 61.6 Å². The van der Waals surface area contributed by atoms with E-state index in [1.54, 1.807) is 12.1 Å². The molecule has 4 nitrogen and oxygen atoms in total. The zero-order chi connectivity index (χ0) is 13.8. The van der Waals surface area contributed by atoms with Gasteiger partial charge in [0.05, 0.1) is 11.6 Å². The number of hydrogen-bond acceptors (Lipinski definition) is 4. The minimum atomic E-state index is 0.217. The second kappa shape index (κ2) is 5.68. The van der Waals surface area contributed by atoms with E-state index in [0.717, 1.165) is 11.3 Å². The van der Waals surface area contributed by atoms with Crippen LogP contribution in [0.15, 0.2) is 30.6 Å². The van der Waals surface area contributed by atoms with Crippen molar-refractivity contribution in [2.75, 3.05) is 5.32 Å². The van der Waals surface area contributed by atoms with Gasteiger partial charge >= 0.3 is 0 Å². The fraction of sp³-hybridized carbons (Fsp3) is 0.214. The lowest BCUT2D eigenvalue weighted by Gasteiger charge is -2.14. The fourth-order valence-electron chi connectivity index (χ4n) is 1.75. The lowest BCUT2D eigenvalue weighted by atomic mass is 10.1. The van der Waals surface area contributed by atoms with Crippen molar-refractivity contribution in [3.8, 4) is 6.07 Å². The van der Waals surface area contributed by atoms with Crippen LogP contribution in [0.2, 0.25) is 5.15 Å². The van der Waals surface area contributed by atoms with E-state index in [1.165, 1.54) is 6.33 Å². The van der Waals surface area contributed by atoms with Gasteiger partial charge in [0.25, 0.3) is 0 Å². The summed E-state index contributed by atoms with van der Waals surface area (Å²) in [5, 5.41) is 12.4. The maximum atomic E-state index is 8.76. The van der Waals surface area contributed by atoms with Crippen molar-refractivity contribution in [1.29, 1.82) is 5.26 Å². The van der Waals surface area contributed by atoms with Crippen LogP contribution < -0.4 is 5.32 Å². The van der Waals surface area contributed by atoms with Crippen LogP contribution in [-0.2, 0) is 0 Å². The van der Waals surface area contributed by atoms with E-state index in [2.05, 4.69) is 21.4 Å². The van der Waals surface area contributed by atoms with Crippen LogP contribution in [0, 0.1) is 11.3 Å². The van der Waals surface area contributed by atoms with Gasteiger partial charge in [0.1, 0.15) is 17.3 Å². The van der Waals surface area contributed by atoms with E-state index < -0.39 is 0 Å². The number of nitrogens with zero attached hydrogens (tertiary/aromatic N) is 3. The largest absolute Gasteiger partial charge is 0.340 e. The molecular weight excluding hydrogens is 260 g/mol. The van der Waals surface area contributed by atoms with Gasteiger partial charge in [-0.3, -0.25) is 0 Å². The average molecular weight is 273 g/mol. The molecule has 1 heterocycles. The summed E-state index contributed by atoms with van der Waals surface area (Å²) in [5.74, 6) is 0.911. The lowest BCUT2D eigenvalue weighted by Crippen LogP contribution is -2.02. The molecule has 0 aliphatic rings. The van der Waals surface area contributed by atoms with Gasteiger partial charge in [-0.05, 0) is 30.2 Å². The van der Waals surface area contributed by atoms with Crippen LogP contribution in [0.3, 0.4) is 0 Å². The zero-order valence-corrected chi connectivity index (χ0v) is 11.4. The Morgan fingerprint density at radius 1 is 1.21 bits per heavy atom. The predicted molar refractivity (Wildman–Crippen MR) is 75.6 cm³/mol. The van der Waals surface area contributed by atoms with E-state index >= 15 is 0 Å². The Bertz CT molecular complexity index is 614. The Morgan fingerprint density at radius 3 is 2.47 bits per heavy atom. The first-order valence-corrected chi connectivity index (χ1v) is 6.27. The van der Waals surface area contributed by atoms with Crippen molar-refractivity contribution in [3.05, 3.63) is 46.9 Å². The number of nitriles is 1. The van der Waals surface area contributed by atoms with Crippen LogP contribution in [0.5, 0.6) is 0 Å². The van der Waals surface area contributed by atoms with Gasteiger partial charge in [-0.25, -0.2) is 9.97 Å². The average Bonchev–Trinajstić information content (AvgIpc) is 2.39. The van der Waals surface area contributed by atoms with Gasteiger partial charge in [0.15, 0.2) is 0 Å². The molecule has 0 spiro atoms. The Balaban J connectivity index is 2.33. The van der Waals surface area contributed by atoms with Crippen LogP contribution in [0.25, 0.3) is 0 Å². The molecule has 0 atom stereocenters. The molecule has 0 amide bonds. The molecule has 5 heteroatoms. The fourth-order valence-corrected chi connectivity index (χ4v) is 2.10. The SMILES string of the molecule is CC(C)c1c(Cl)ncnc1Nc1ccc(C#N)cc1. The van der Waals surface area contributed by atoms with Gasteiger partial charge in [0.2, 0.25) is 0 Å². The van der Waals surface area contributed by atoms with Crippen LogP contribution in [-0.4, -0.2) is 9.97 Å². The third kappa shape index (κ3) is 3.01. The van der Waals surface area contributed by atoms with E-state index in [1.807, 2.05) is 26.0 Å². The van der Waals surface area contributed by atoms with Crippen LogP contribution >= 0.6 is 11.6 Å². The maximum absolute atomic E-state index is 8.76. The number of hydrogen-bond donors (Lipinski definition) is 1. The highest BCUT2D eigenvalue weighted by molar-refractivity contribution is 6.30. The maximum Gasteiger partial charge on any atom is 0.138 e. The molecule has 1 aromatic heterocycles. The Morgan fingerprint density at radius 2 is 1.89 bits per heavy atom. The Kier molecular flexibility index (Phi) is 3.98. The quantitative estimate of drug-likeness (QED) is 0.862. The summed E-state index contributed by atoms with van der Waals surface area (Å²) < 4.78 is 0. The predicted octanol–water partition coefficient (Wildman–Crippen LogP) is 3.87. The number of halogens is 1. The molecule has 1 aromatic carbocycles. The molecule has 0 unspecified atom stereocenters. The molecule has 2 rings (SSSR count). The van der Waals surface area contributed by atoms with E-state index in [9.17, 15) is 0 Å². The normalized spacial score (nSPS) is 10.3. The number of rotatable bonds is 3. The Labute approximate surface area is 117 Å². The van der Waals surface area contributed by atoms with Crippen molar-refractivity contribution in [2.24, 2.45) is 0 Å². The highest BCUT2D eigenvalue weighted by atomic mass is 35.5. The summed E-state index contributed by atoms with van der Waals surface area (Å²) in [5.41, 5.74) is 2.36. The monoisotopic (exact) mass is 272 g/mol. The smallest absolute Gasteiger partial charge is 0.138 e. The summed E-state index contributed by atoms with van der Waals surface area (Å²) >= 11 is 6.10. The molecule has 0 bridgehead atoms. The highest BCUT2D eigenvalue weighted by Gasteiger charge is 2.13. The van der Waals surface area contributed by atoms with E-state index in [-0.39, 0.29) is 5.92 Å². The second-order valence-corrected chi connectivity index (χ2v) is 4.75. The molecule has 0 saturated heterocycles. The van der Waals surface area contributed by atoms with Gasteiger partial charge in [-0.15, -0.1) is 0 Å². The number of nitrogens with one attached hydrogen (secondary N) is 1. The molecule has 0 radical (unpaired) electrons. The van der Waals surface area contributed by atoms with Crippen molar-refractivity contribution < 1.29 is 0 Å². The molecule has 96 valence electrons.